The molecule has 0 aliphatic heterocycles. The van der Waals surface area contributed by atoms with Gasteiger partial charge in [0, 0.05) is 6.42 Å². The molecule has 0 heterocycles. The zero-order valence-electron chi connectivity index (χ0n) is 17.2. The monoisotopic (exact) mass is 369 g/mol. The highest BCUT2D eigenvalue weighted by molar-refractivity contribution is 5.76. The van der Waals surface area contributed by atoms with Crippen LogP contribution in [0.15, 0.2) is 12.2 Å². The molecule has 26 heavy (non-hydrogen) atoms. The predicted octanol–water partition coefficient (Wildman–Crippen LogP) is 4.88. The van der Waals surface area contributed by atoms with Gasteiger partial charge in [0.05, 0.1) is 18.8 Å². The molecule has 4 heteroatoms. The van der Waals surface area contributed by atoms with Gasteiger partial charge in [0.2, 0.25) is 5.91 Å². The Morgan fingerprint density at radius 1 is 0.885 bits per heavy atom. The first kappa shape index (κ1) is 25.1. The predicted molar refractivity (Wildman–Crippen MR) is 110 cm³/mol. The second-order valence-electron chi connectivity index (χ2n) is 7.35. The van der Waals surface area contributed by atoms with Gasteiger partial charge in [-0.1, -0.05) is 90.2 Å². The van der Waals surface area contributed by atoms with Crippen LogP contribution in [0.3, 0.4) is 0 Å². The van der Waals surface area contributed by atoms with E-state index in [4.69, 9.17) is 0 Å². The summed E-state index contributed by atoms with van der Waals surface area (Å²) in [5.74, 6) is -0.0806. The van der Waals surface area contributed by atoms with Crippen LogP contribution in [-0.4, -0.2) is 34.9 Å². The summed E-state index contributed by atoms with van der Waals surface area (Å²) < 4.78 is 0. The summed E-state index contributed by atoms with van der Waals surface area (Å²) in [5, 5.41) is 22.3. The van der Waals surface area contributed by atoms with Crippen LogP contribution in [0.2, 0.25) is 0 Å². The number of hydrogen-bond donors (Lipinski definition) is 3. The first-order valence-electron chi connectivity index (χ1n) is 10.9. The molecule has 0 aliphatic rings. The number of rotatable bonds is 18. The molecule has 0 spiro atoms. The number of carbonyl (C=O) groups excluding carboxylic acids is 1. The minimum atomic E-state index is -0.825. The van der Waals surface area contributed by atoms with Crippen LogP contribution in [0, 0.1) is 0 Å². The van der Waals surface area contributed by atoms with Crippen LogP contribution in [0.5, 0.6) is 0 Å². The number of hydrogen-bond acceptors (Lipinski definition) is 3. The van der Waals surface area contributed by atoms with Crippen molar-refractivity contribution in [1.29, 1.82) is 0 Å². The summed E-state index contributed by atoms with van der Waals surface area (Å²) in [5.41, 5.74) is 0. The maximum Gasteiger partial charge on any atom is 0.220 e. The first-order valence-corrected chi connectivity index (χ1v) is 10.9. The van der Waals surface area contributed by atoms with E-state index in [9.17, 15) is 15.0 Å². The van der Waals surface area contributed by atoms with Crippen molar-refractivity contribution in [2.24, 2.45) is 0 Å². The minimum absolute atomic E-state index is 0.0806. The molecule has 0 rings (SSSR count). The number of unbranched alkanes of at least 4 members (excludes halogenated alkanes) is 11. The SMILES string of the molecule is CCCCCCCC/C=C/C(O)C(CO)NC(=O)CCCCCCCC. The molecule has 3 N–H and O–H groups in total. The Hall–Kier alpha value is -0.870. The van der Waals surface area contributed by atoms with Crippen LogP contribution in [0.25, 0.3) is 0 Å². The Morgan fingerprint density at radius 3 is 2.00 bits per heavy atom. The fourth-order valence-corrected chi connectivity index (χ4v) is 3.00. The lowest BCUT2D eigenvalue weighted by Crippen LogP contribution is -2.45. The lowest BCUT2D eigenvalue weighted by Gasteiger charge is -2.20. The van der Waals surface area contributed by atoms with Crippen molar-refractivity contribution in [1.82, 2.24) is 5.32 Å². The van der Waals surface area contributed by atoms with Crippen molar-refractivity contribution in [3.8, 4) is 0 Å². The molecule has 0 aliphatic carbocycles. The van der Waals surface area contributed by atoms with Gasteiger partial charge in [-0.3, -0.25) is 4.79 Å². The van der Waals surface area contributed by atoms with Crippen molar-refractivity contribution in [2.45, 2.75) is 116 Å². The number of nitrogens with one attached hydrogen (secondary N) is 1. The fourth-order valence-electron chi connectivity index (χ4n) is 3.00. The van der Waals surface area contributed by atoms with Gasteiger partial charge in [-0.15, -0.1) is 0 Å². The van der Waals surface area contributed by atoms with E-state index in [1.165, 1.54) is 57.8 Å². The average Bonchev–Trinajstić information content (AvgIpc) is 2.64. The summed E-state index contributed by atoms with van der Waals surface area (Å²) >= 11 is 0. The largest absolute Gasteiger partial charge is 0.394 e. The third-order valence-corrected chi connectivity index (χ3v) is 4.77. The quantitative estimate of drug-likeness (QED) is 0.238. The molecule has 0 saturated heterocycles. The Kier molecular flexibility index (Phi) is 18.3. The number of aliphatic hydroxyl groups excluding tert-OH is 2. The number of carbonyl (C=O) groups is 1. The Labute approximate surface area is 161 Å². The second kappa shape index (κ2) is 18.9. The maximum absolute atomic E-state index is 11.9. The van der Waals surface area contributed by atoms with Gasteiger partial charge < -0.3 is 15.5 Å². The van der Waals surface area contributed by atoms with Gasteiger partial charge in [0.1, 0.15) is 0 Å². The highest BCUT2D eigenvalue weighted by Crippen LogP contribution is 2.09. The van der Waals surface area contributed by atoms with Crippen LogP contribution < -0.4 is 5.32 Å². The summed E-state index contributed by atoms with van der Waals surface area (Å²) in [4.78, 5) is 11.9. The molecule has 0 bridgehead atoms. The van der Waals surface area contributed by atoms with Gasteiger partial charge in [0.15, 0.2) is 0 Å². The molecule has 2 atom stereocenters. The van der Waals surface area contributed by atoms with Gasteiger partial charge in [-0.05, 0) is 19.3 Å². The molecular formula is C22H43NO3. The molecule has 0 aromatic heterocycles. The Bertz CT molecular complexity index is 344. The Morgan fingerprint density at radius 2 is 1.42 bits per heavy atom. The third kappa shape index (κ3) is 15.4. The van der Waals surface area contributed by atoms with E-state index in [1.54, 1.807) is 6.08 Å². The van der Waals surface area contributed by atoms with E-state index in [0.717, 1.165) is 25.7 Å². The van der Waals surface area contributed by atoms with Crippen LogP contribution in [0.1, 0.15) is 104 Å². The standard InChI is InChI=1S/C22H43NO3/c1-3-5-7-9-11-12-13-15-17-21(25)20(19-24)23-22(26)18-16-14-10-8-6-4-2/h15,17,20-21,24-25H,3-14,16,18-19H2,1-2H3,(H,23,26)/b17-15+. The van der Waals surface area contributed by atoms with Crippen molar-refractivity contribution in [3.05, 3.63) is 12.2 Å². The molecule has 1 amide bonds. The lowest BCUT2D eigenvalue weighted by atomic mass is 10.1. The highest BCUT2D eigenvalue weighted by Gasteiger charge is 2.17. The van der Waals surface area contributed by atoms with E-state index >= 15 is 0 Å². The van der Waals surface area contributed by atoms with Gasteiger partial charge in [-0.2, -0.15) is 0 Å². The molecule has 0 aromatic carbocycles. The van der Waals surface area contributed by atoms with E-state index < -0.39 is 12.1 Å². The molecule has 4 nitrogen and oxygen atoms in total. The van der Waals surface area contributed by atoms with Crippen molar-refractivity contribution in [3.63, 3.8) is 0 Å². The molecule has 154 valence electrons. The van der Waals surface area contributed by atoms with Gasteiger partial charge in [-0.25, -0.2) is 0 Å². The van der Waals surface area contributed by atoms with Crippen LogP contribution in [0.4, 0.5) is 0 Å². The van der Waals surface area contributed by atoms with E-state index in [1.807, 2.05) is 6.08 Å². The normalized spacial score (nSPS) is 13.8. The number of aliphatic hydroxyl groups is 2. The van der Waals surface area contributed by atoms with Gasteiger partial charge in [0.25, 0.3) is 0 Å². The molecule has 0 aromatic rings. The molecule has 2 unspecified atom stereocenters. The Balaban J connectivity index is 3.84. The number of allylic oxidation sites excluding steroid dienone is 1. The fraction of sp³-hybridized carbons (Fsp3) is 0.864. The molecule has 0 saturated carbocycles. The zero-order chi connectivity index (χ0) is 19.5. The molecular weight excluding hydrogens is 326 g/mol. The average molecular weight is 370 g/mol. The van der Waals surface area contributed by atoms with Crippen molar-refractivity contribution in [2.75, 3.05) is 6.61 Å². The highest BCUT2D eigenvalue weighted by atomic mass is 16.3. The first-order chi connectivity index (χ1) is 12.7. The summed E-state index contributed by atoms with van der Waals surface area (Å²) in [7, 11) is 0. The van der Waals surface area contributed by atoms with Crippen LogP contribution in [-0.2, 0) is 4.79 Å². The van der Waals surface area contributed by atoms with E-state index in [-0.39, 0.29) is 12.5 Å². The number of amides is 1. The van der Waals surface area contributed by atoms with E-state index in [2.05, 4.69) is 19.2 Å². The van der Waals surface area contributed by atoms with Gasteiger partial charge >= 0.3 is 0 Å². The smallest absolute Gasteiger partial charge is 0.220 e. The summed E-state index contributed by atoms with van der Waals surface area (Å²) in [6.45, 7) is 4.16. The third-order valence-electron chi connectivity index (χ3n) is 4.77. The van der Waals surface area contributed by atoms with Crippen molar-refractivity contribution < 1.29 is 15.0 Å². The zero-order valence-corrected chi connectivity index (χ0v) is 17.2. The minimum Gasteiger partial charge on any atom is -0.394 e. The molecule has 0 radical (unpaired) electrons. The summed E-state index contributed by atoms with van der Waals surface area (Å²) in [6, 6.07) is -0.608. The lowest BCUT2D eigenvalue weighted by molar-refractivity contribution is -0.123. The van der Waals surface area contributed by atoms with Crippen LogP contribution >= 0.6 is 0 Å². The van der Waals surface area contributed by atoms with Crippen molar-refractivity contribution >= 4 is 5.91 Å². The summed E-state index contributed by atoms with van der Waals surface area (Å²) in [6.07, 6.45) is 18.6. The topological polar surface area (TPSA) is 69.6 Å². The second-order valence-corrected chi connectivity index (χ2v) is 7.35. The van der Waals surface area contributed by atoms with E-state index in [0.29, 0.717) is 6.42 Å². The maximum atomic E-state index is 11.9. The molecule has 0 fully saturated rings.